The van der Waals surface area contributed by atoms with Gasteiger partial charge < -0.3 is 9.64 Å². The van der Waals surface area contributed by atoms with Crippen LogP contribution in [0, 0.1) is 6.92 Å². The molecule has 1 aromatic carbocycles. The number of aromatic nitrogens is 3. The Morgan fingerprint density at radius 1 is 1.22 bits per heavy atom. The van der Waals surface area contributed by atoms with E-state index < -0.39 is 0 Å². The molecule has 0 aliphatic carbocycles. The van der Waals surface area contributed by atoms with Crippen LogP contribution in [-0.2, 0) is 11.3 Å². The van der Waals surface area contributed by atoms with E-state index in [1.165, 1.54) is 10.9 Å². The minimum Gasteiger partial charge on any atom is -0.472 e. The van der Waals surface area contributed by atoms with Gasteiger partial charge in [-0.15, -0.1) is 0 Å². The number of amides is 1. The van der Waals surface area contributed by atoms with Crippen molar-refractivity contribution in [3.8, 4) is 5.88 Å². The molecule has 1 atom stereocenters. The number of rotatable bonds is 4. The number of carbonyl (C=O) groups excluding carboxylic acids is 1. The van der Waals surface area contributed by atoms with Gasteiger partial charge in [0, 0.05) is 24.7 Å². The topological polar surface area (TPSA) is 77.3 Å². The van der Waals surface area contributed by atoms with E-state index >= 15 is 0 Å². The molecule has 3 heterocycles. The van der Waals surface area contributed by atoms with Gasteiger partial charge in [-0.05, 0) is 25.1 Å². The van der Waals surface area contributed by atoms with E-state index in [0.29, 0.717) is 29.9 Å². The first-order chi connectivity index (χ1) is 13.1. The first kappa shape index (κ1) is 17.2. The van der Waals surface area contributed by atoms with Gasteiger partial charge in [-0.2, -0.15) is 0 Å². The Bertz CT molecular complexity index is 1050. The lowest BCUT2D eigenvalue weighted by molar-refractivity contribution is -0.131. The number of para-hydroxylation sites is 1. The minimum atomic E-state index is -0.204. The molecule has 7 nitrogen and oxygen atoms in total. The van der Waals surface area contributed by atoms with Gasteiger partial charge in [0.25, 0.3) is 5.56 Å². The molecule has 1 amide bonds. The fraction of sp³-hybridized carbons (Fsp3) is 0.300. The molecule has 0 spiro atoms. The van der Waals surface area contributed by atoms with Crippen LogP contribution < -0.4 is 10.3 Å². The summed E-state index contributed by atoms with van der Waals surface area (Å²) in [6, 6.07) is 12.8. The average molecular weight is 364 g/mol. The summed E-state index contributed by atoms with van der Waals surface area (Å²) in [6.45, 7) is 2.98. The van der Waals surface area contributed by atoms with Crippen LogP contribution in [0.4, 0.5) is 0 Å². The van der Waals surface area contributed by atoms with Crippen LogP contribution in [0.25, 0.3) is 10.9 Å². The van der Waals surface area contributed by atoms with Crippen molar-refractivity contribution in [2.75, 3.05) is 13.1 Å². The van der Waals surface area contributed by atoms with Crippen LogP contribution in [0.2, 0.25) is 0 Å². The summed E-state index contributed by atoms with van der Waals surface area (Å²) in [5.74, 6) is 0.460. The number of carbonyl (C=O) groups is 1. The summed E-state index contributed by atoms with van der Waals surface area (Å²) in [7, 11) is 0. The maximum atomic E-state index is 12.6. The molecule has 1 saturated heterocycles. The van der Waals surface area contributed by atoms with Crippen molar-refractivity contribution < 1.29 is 9.53 Å². The normalized spacial score (nSPS) is 16.6. The van der Waals surface area contributed by atoms with E-state index in [1.807, 2.05) is 31.2 Å². The number of benzene rings is 1. The summed E-state index contributed by atoms with van der Waals surface area (Å²) in [5, 5.41) is 0.515. The van der Waals surface area contributed by atoms with E-state index in [9.17, 15) is 9.59 Å². The summed E-state index contributed by atoms with van der Waals surface area (Å²) in [6.07, 6.45) is 2.09. The number of hydrogen-bond donors (Lipinski definition) is 0. The molecule has 1 aliphatic heterocycles. The molecule has 0 bridgehead atoms. The highest BCUT2D eigenvalue weighted by molar-refractivity contribution is 5.79. The van der Waals surface area contributed by atoms with Crippen LogP contribution in [0.15, 0.2) is 53.6 Å². The highest BCUT2D eigenvalue weighted by atomic mass is 16.5. The Morgan fingerprint density at radius 2 is 2.07 bits per heavy atom. The maximum Gasteiger partial charge on any atom is 0.261 e. The molecule has 1 aliphatic rings. The molecular weight excluding hydrogens is 344 g/mol. The van der Waals surface area contributed by atoms with Crippen LogP contribution in [0.3, 0.4) is 0 Å². The predicted molar refractivity (Wildman–Crippen MR) is 101 cm³/mol. The first-order valence-electron chi connectivity index (χ1n) is 8.92. The fourth-order valence-corrected chi connectivity index (χ4v) is 3.27. The number of hydrogen-bond acceptors (Lipinski definition) is 5. The number of pyridine rings is 1. The largest absolute Gasteiger partial charge is 0.472 e. The quantitative estimate of drug-likeness (QED) is 0.705. The third-order valence-electron chi connectivity index (χ3n) is 4.69. The molecular formula is C20H20N4O3. The zero-order valence-corrected chi connectivity index (χ0v) is 15.0. The lowest BCUT2D eigenvalue weighted by Crippen LogP contribution is -2.36. The van der Waals surface area contributed by atoms with Crippen molar-refractivity contribution in [2.45, 2.75) is 26.0 Å². The molecule has 138 valence electrons. The molecule has 4 rings (SSSR count). The Labute approximate surface area is 156 Å². The maximum absolute atomic E-state index is 12.6. The smallest absolute Gasteiger partial charge is 0.261 e. The highest BCUT2D eigenvalue weighted by Gasteiger charge is 2.28. The third kappa shape index (κ3) is 3.67. The zero-order valence-electron chi connectivity index (χ0n) is 15.0. The predicted octanol–water partition coefficient (Wildman–Crippen LogP) is 1.78. The first-order valence-corrected chi connectivity index (χ1v) is 8.92. The van der Waals surface area contributed by atoms with Gasteiger partial charge in [0.05, 0.1) is 23.8 Å². The van der Waals surface area contributed by atoms with Gasteiger partial charge in [0.2, 0.25) is 11.8 Å². The summed E-state index contributed by atoms with van der Waals surface area (Å²) in [5.41, 5.74) is 1.32. The van der Waals surface area contributed by atoms with Crippen molar-refractivity contribution in [1.29, 1.82) is 0 Å². The molecule has 1 fully saturated rings. The summed E-state index contributed by atoms with van der Waals surface area (Å²) < 4.78 is 7.24. The zero-order chi connectivity index (χ0) is 18.8. The second kappa shape index (κ2) is 7.19. The number of nitrogens with zero attached hydrogens (tertiary/aromatic N) is 4. The van der Waals surface area contributed by atoms with E-state index in [0.717, 1.165) is 12.1 Å². The van der Waals surface area contributed by atoms with Gasteiger partial charge >= 0.3 is 0 Å². The molecule has 0 radical (unpaired) electrons. The van der Waals surface area contributed by atoms with Crippen LogP contribution in [0.5, 0.6) is 5.88 Å². The lowest BCUT2D eigenvalue weighted by Gasteiger charge is -2.17. The van der Waals surface area contributed by atoms with E-state index in [1.54, 1.807) is 23.1 Å². The Morgan fingerprint density at radius 3 is 2.93 bits per heavy atom. The van der Waals surface area contributed by atoms with Crippen molar-refractivity contribution in [3.05, 3.63) is 64.8 Å². The molecule has 1 unspecified atom stereocenters. The number of aryl methyl sites for hydroxylation is 1. The molecule has 0 N–H and O–H groups in total. The summed E-state index contributed by atoms with van der Waals surface area (Å²) in [4.78, 5) is 35.5. The van der Waals surface area contributed by atoms with Gasteiger partial charge in [-0.3, -0.25) is 14.2 Å². The number of likely N-dealkylation sites (tertiary alicyclic amines) is 1. The van der Waals surface area contributed by atoms with Crippen LogP contribution in [-0.4, -0.2) is 44.5 Å². The van der Waals surface area contributed by atoms with Crippen molar-refractivity contribution in [3.63, 3.8) is 0 Å². The van der Waals surface area contributed by atoms with E-state index in [4.69, 9.17) is 4.74 Å². The van der Waals surface area contributed by atoms with Gasteiger partial charge in [-0.25, -0.2) is 9.97 Å². The molecule has 0 saturated carbocycles. The molecule has 7 heteroatoms. The number of fused-ring (bicyclic) bond motifs is 1. The van der Waals surface area contributed by atoms with E-state index in [2.05, 4.69) is 9.97 Å². The highest BCUT2D eigenvalue weighted by Crippen LogP contribution is 2.17. The van der Waals surface area contributed by atoms with Crippen molar-refractivity contribution >= 4 is 16.8 Å². The van der Waals surface area contributed by atoms with Gasteiger partial charge in [0.15, 0.2) is 0 Å². The monoisotopic (exact) mass is 364 g/mol. The third-order valence-corrected chi connectivity index (χ3v) is 4.69. The Kier molecular flexibility index (Phi) is 4.58. The van der Waals surface area contributed by atoms with E-state index in [-0.39, 0.29) is 24.1 Å². The second-order valence-corrected chi connectivity index (χ2v) is 6.68. The van der Waals surface area contributed by atoms with Crippen molar-refractivity contribution in [1.82, 2.24) is 19.4 Å². The Hall–Kier alpha value is -3.22. The standard InChI is InChI=1S/C20H20N4O3/c1-14-5-4-8-18(22-14)27-15-9-10-23(11-15)19(25)12-24-13-21-17-7-3-2-6-16(17)20(24)26/h2-8,13,15H,9-12H2,1H3. The summed E-state index contributed by atoms with van der Waals surface area (Å²) >= 11 is 0. The molecule has 3 aromatic rings. The lowest BCUT2D eigenvalue weighted by atomic mass is 10.2. The second-order valence-electron chi connectivity index (χ2n) is 6.68. The minimum absolute atomic E-state index is 0.0217. The SMILES string of the molecule is Cc1cccc(OC2CCN(C(=O)Cn3cnc4ccccc4c3=O)C2)n1. The Balaban J connectivity index is 1.42. The van der Waals surface area contributed by atoms with Gasteiger partial charge in [0.1, 0.15) is 12.6 Å². The molecule has 27 heavy (non-hydrogen) atoms. The van der Waals surface area contributed by atoms with Crippen LogP contribution in [0.1, 0.15) is 12.1 Å². The van der Waals surface area contributed by atoms with Crippen LogP contribution >= 0.6 is 0 Å². The fourth-order valence-electron chi connectivity index (χ4n) is 3.27. The average Bonchev–Trinajstić information content (AvgIpc) is 3.13. The van der Waals surface area contributed by atoms with Gasteiger partial charge in [-0.1, -0.05) is 18.2 Å². The number of ether oxygens (including phenoxy) is 1. The molecule has 2 aromatic heterocycles. The van der Waals surface area contributed by atoms with Crippen molar-refractivity contribution in [2.24, 2.45) is 0 Å².